The SMILES string of the molecule is C.COc1ccc(OC[C@@H](O)CNC2CCN(C[C@H](O)COc3ccc(Cl)c(C)c3)CC2)cc1.COc1ccc(OC[C@H](O)CNC2CCN(C[C@@H](O)COc3ccc(Cl)c(Cl)c3)CC2)cc1. The number of aliphatic hydroxyl groups excluding tert-OH is 4. The maximum Gasteiger partial charge on any atom is 0.121 e. The Balaban J connectivity index is 0.000000288. The van der Waals surface area contributed by atoms with Gasteiger partial charge in [0.05, 0.1) is 24.3 Å². The topological polar surface area (TPSA) is 167 Å². The Morgan fingerprint density at radius 1 is 0.493 bits per heavy atom. The van der Waals surface area contributed by atoms with Crippen LogP contribution in [0.3, 0.4) is 0 Å². The molecule has 2 heterocycles. The van der Waals surface area contributed by atoms with E-state index in [1.165, 1.54) is 0 Å². The van der Waals surface area contributed by atoms with Crippen molar-refractivity contribution in [2.24, 2.45) is 0 Å². The van der Waals surface area contributed by atoms with E-state index in [1.54, 1.807) is 38.5 Å². The molecule has 372 valence electrons. The molecule has 4 aromatic carbocycles. The summed E-state index contributed by atoms with van der Waals surface area (Å²) in [6, 6.07) is 25.8. The van der Waals surface area contributed by atoms with E-state index in [1.807, 2.05) is 67.6 Å². The smallest absolute Gasteiger partial charge is 0.121 e. The van der Waals surface area contributed by atoms with Crippen LogP contribution in [-0.2, 0) is 0 Å². The first-order chi connectivity index (χ1) is 31.8. The lowest BCUT2D eigenvalue weighted by molar-refractivity contribution is 0.0555. The molecule has 0 bridgehead atoms. The average Bonchev–Trinajstić information content (AvgIpc) is 3.33. The summed E-state index contributed by atoms with van der Waals surface area (Å²) in [5, 5.41) is 49.6. The summed E-state index contributed by atoms with van der Waals surface area (Å²) in [6.45, 7) is 8.46. The summed E-state index contributed by atoms with van der Waals surface area (Å²) >= 11 is 17.9. The van der Waals surface area contributed by atoms with E-state index in [2.05, 4.69) is 20.4 Å². The van der Waals surface area contributed by atoms with Gasteiger partial charge >= 0.3 is 0 Å². The fourth-order valence-electron chi connectivity index (χ4n) is 7.45. The number of aliphatic hydroxyl groups is 4. The van der Waals surface area contributed by atoms with E-state index in [0.29, 0.717) is 76.3 Å². The standard InChI is InChI=1S/C25H35ClN2O5.C24H32Cl2N2O5.CH4/c1-18-13-24(7-8-25(18)26)33-17-21(30)15-28-11-9-19(10-12-28)27-14-20(29)16-32-23-5-3-22(31-2)4-6-23;1-31-20-2-4-21(5-3-20)32-15-18(29)13-27-17-8-10-28(11-9-17)14-19(30)16-33-22-6-7-23(25)24(26)12-22;/h3-8,13,19-21,27,29-30H,9-12,14-17H2,1-2H3;2-7,12,17-19,27,29-30H,8-11,13-16H2,1H3;1H4/t20-,21-;18-,19-;/m01./s1. The predicted octanol–water partition coefficient (Wildman–Crippen LogP) is 6.76. The number of rotatable bonds is 24. The van der Waals surface area contributed by atoms with Crippen LogP contribution in [0, 0.1) is 6.92 Å². The number of methoxy groups -OCH3 is 2. The van der Waals surface area contributed by atoms with Crippen LogP contribution >= 0.6 is 34.8 Å². The first-order valence-corrected chi connectivity index (χ1v) is 23.6. The highest BCUT2D eigenvalue weighted by Crippen LogP contribution is 2.27. The molecule has 0 spiro atoms. The molecular weight excluding hydrogens is 923 g/mol. The van der Waals surface area contributed by atoms with Crippen molar-refractivity contribution >= 4 is 34.8 Å². The van der Waals surface area contributed by atoms with E-state index < -0.39 is 24.4 Å². The maximum atomic E-state index is 10.3. The predicted molar refractivity (Wildman–Crippen MR) is 266 cm³/mol. The molecule has 6 N–H and O–H groups in total. The highest BCUT2D eigenvalue weighted by molar-refractivity contribution is 6.42. The third-order valence-electron chi connectivity index (χ3n) is 11.3. The molecular formula is C50H71Cl3N4O10. The Labute approximate surface area is 411 Å². The molecule has 4 atom stereocenters. The van der Waals surface area contributed by atoms with E-state index in [0.717, 1.165) is 68.9 Å². The van der Waals surface area contributed by atoms with Gasteiger partial charge in [0.1, 0.15) is 85.3 Å². The van der Waals surface area contributed by atoms with Gasteiger partial charge in [-0.2, -0.15) is 0 Å². The molecule has 0 unspecified atom stereocenters. The van der Waals surface area contributed by atoms with Crippen LogP contribution < -0.4 is 39.1 Å². The van der Waals surface area contributed by atoms with Gasteiger partial charge in [0.2, 0.25) is 0 Å². The highest BCUT2D eigenvalue weighted by Gasteiger charge is 2.23. The van der Waals surface area contributed by atoms with Crippen LogP contribution in [0.25, 0.3) is 0 Å². The van der Waals surface area contributed by atoms with Crippen molar-refractivity contribution in [1.29, 1.82) is 0 Å². The van der Waals surface area contributed by atoms with Crippen molar-refractivity contribution in [2.75, 3.05) is 93.0 Å². The Kier molecular flexibility index (Phi) is 25.0. The number of likely N-dealkylation sites (tertiary alicyclic amines) is 2. The Morgan fingerprint density at radius 2 is 0.836 bits per heavy atom. The Hall–Kier alpha value is -3.77. The normalized spacial score (nSPS) is 16.6. The lowest BCUT2D eigenvalue weighted by Gasteiger charge is -2.33. The van der Waals surface area contributed by atoms with Gasteiger partial charge in [-0.1, -0.05) is 42.2 Å². The third kappa shape index (κ3) is 20.8. The van der Waals surface area contributed by atoms with Crippen molar-refractivity contribution in [3.8, 4) is 34.5 Å². The highest BCUT2D eigenvalue weighted by atomic mass is 35.5. The lowest BCUT2D eigenvalue weighted by atomic mass is 10.0. The molecule has 0 aromatic heterocycles. The summed E-state index contributed by atoms with van der Waals surface area (Å²) in [5.74, 6) is 4.24. The molecule has 2 aliphatic rings. The van der Waals surface area contributed by atoms with Crippen LogP contribution in [0.2, 0.25) is 15.1 Å². The summed E-state index contributed by atoms with van der Waals surface area (Å²) in [4.78, 5) is 4.48. The van der Waals surface area contributed by atoms with Gasteiger partial charge in [-0.25, -0.2) is 0 Å². The minimum Gasteiger partial charge on any atom is -0.497 e. The monoisotopic (exact) mass is 992 g/mol. The van der Waals surface area contributed by atoms with Crippen molar-refractivity contribution < 1.29 is 48.8 Å². The van der Waals surface area contributed by atoms with Gasteiger partial charge in [-0.15, -0.1) is 0 Å². The van der Waals surface area contributed by atoms with Crippen LogP contribution in [0.4, 0.5) is 0 Å². The van der Waals surface area contributed by atoms with Crippen molar-refractivity contribution in [1.82, 2.24) is 20.4 Å². The number of nitrogens with zero attached hydrogens (tertiary/aromatic N) is 2. The van der Waals surface area contributed by atoms with Gasteiger partial charge in [-0.05, 0) is 143 Å². The van der Waals surface area contributed by atoms with Gasteiger partial charge in [-0.3, -0.25) is 0 Å². The number of halogens is 3. The lowest BCUT2D eigenvalue weighted by Crippen LogP contribution is -2.47. The molecule has 0 saturated carbocycles. The molecule has 0 amide bonds. The first-order valence-electron chi connectivity index (χ1n) is 22.5. The van der Waals surface area contributed by atoms with Crippen LogP contribution in [-0.4, -0.2) is 160 Å². The zero-order valence-corrected chi connectivity index (χ0v) is 40.4. The van der Waals surface area contributed by atoms with Crippen molar-refractivity contribution in [2.45, 2.75) is 76.5 Å². The molecule has 14 nitrogen and oxygen atoms in total. The second-order valence-electron chi connectivity index (χ2n) is 16.7. The Morgan fingerprint density at radius 3 is 1.22 bits per heavy atom. The van der Waals surface area contributed by atoms with Crippen LogP contribution in [0.15, 0.2) is 84.9 Å². The molecule has 6 rings (SSSR count). The number of hydrogen-bond acceptors (Lipinski definition) is 14. The van der Waals surface area contributed by atoms with Crippen molar-refractivity contribution in [3.63, 3.8) is 0 Å². The fraction of sp³-hybridized carbons (Fsp3) is 0.520. The second kappa shape index (κ2) is 30.0. The van der Waals surface area contributed by atoms with Crippen LogP contribution in [0.1, 0.15) is 38.7 Å². The van der Waals surface area contributed by atoms with Gasteiger partial charge in [0.15, 0.2) is 0 Å². The molecule has 2 aliphatic heterocycles. The van der Waals surface area contributed by atoms with Gasteiger partial charge < -0.3 is 69.3 Å². The third-order valence-corrected chi connectivity index (χ3v) is 12.5. The van der Waals surface area contributed by atoms with E-state index in [4.69, 9.17) is 63.2 Å². The second-order valence-corrected chi connectivity index (χ2v) is 17.9. The summed E-state index contributed by atoms with van der Waals surface area (Å²) in [5.41, 5.74) is 0.954. The molecule has 2 fully saturated rings. The summed E-state index contributed by atoms with van der Waals surface area (Å²) in [7, 11) is 3.24. The largest absolute Gasteiger partial charge is 0.497 e. The van der Waals surface area contributed by atoms with Crippen LogP contribution in [0.5, 0.6) is 34.5 Å². The fourth-order valence-corrected chi connectivity index (χ4v) is 7.86. The van der Waals surface area contributed by atoms with E-state index >= 15 is 0 Å². The number of β-amino-alcohol motifs (C(OH)–C–C–N with tert-alkyl or cyclic N) is 2. The molecule has 0 radical (unpaired) electrons. The average molecular weight is 994 g/mol. The van der Waals surface area contributed by atoms with Gasteiger partial charge in [0.25, 0.3) is 0 Å². The zero-order chi connectivity index (χ0) is 47.3. The molecule has 17 heteroatoms. The quantitative estimate of drug-likeness (QED) is 0.0436. The molecule has 4 aromatic rings. The maximum absolute atomic E-state index is 10.3. The zero-order valence-electron chi connectivity index (χ0n) is 38.1. The summed E-state index contributed by atoms with van der Waals surface area (Å²) < 4.78 is 32.8. The summed E-state index contributed by atoms with van der Waals surface area (Å²) in [6.07, 6.45) is 1.51. The Bertz CT molecular complexity index is 1830. The number of aryl methyl sites for hydroxylation is 1. The minimum absolute atomic E-state index is 0. The molecule has 67 heavy (non-hydrogen) atoms. The number of benzene rings is 4. The first kappa shape index (κ1) is 55.8. The minimum atomic E-state index is -0.596. The number of nitrogens with one attached hydrogen (secondary N) is 2. The number of hydrogen-bond donors (Lipinski definition) is 6. The number of piperidine rings is 2. The molecule has 0 aliphatic carbocycles. The van der Waals surface area contributed by atoms with E-state index in [9.17, 15) is 20.4 Å². The van der Waals surface area contributed by atoms with Gasteiger partial charge in [0, 0.05) is 49.4 Å². The molecule has 2 saturated heterocycles. The van der Waals surface area contributed by atoms with E-state index in [-0.39, 0.29) is 33.9 Å². The van der Waals surface area contributed by atoms with Crippen molar-refractivity contribution in [3.05, 3.63) is 106 Å². The number of ether oxygens (including phenoxy) is 6.